The molecule has 3 aromatic rings. The van der Waals surface area contributed by atoms with Gasteiger partial charge in [0.2, 0.25) is 5.91 Å². The molecule has 0 saturated heterocycles. The van der Waals surface area contributed by atoms with Crippen LogP contribution >= 0.6 is 23.5 Å². The number of nitrogens with one attached hydrogen (secondary N) is 2. The van der Waals surface area contributed by atoms with E-state index in [0.29, 0.717) is 16.3 Å². The van der Waals surface area contributed by atoms with Crippen LogP contribution in [0.1, 0.15) is 10.4 Å². The smallest absolute Gasteiger partial charge is 0.339 e. The highest BCUT2D eigenvalue weighted by molar-refractivity contribution is 8.00. The summed E-state index contributed by atoms with van der Waals surface area (Å²) >= 11 is 2.75. The molecule has 0 bridgehead atoms. The van der Waals surface area contributed by atoms with Crippen LogP contribution in [0, 0.1) is 5.82 Å². The first-order chi connectivity index (χ1) is 15.9. The normalized spacial score (nSPS) is 10.4. The molecule has 0 heterocycles. The van der Waals surface area contributed by atoms with Crippen LogP contribution in [0.4, 0.5) is 15.8 Å². The highest BCUT2D eigenvalue weighted by atomic mass is 32.2. The van der Waals surface area contributed by atoms with E-state index in [9.17, 15) is 18.8 Å². The summed E-state index contributed by atoms with van der Waals surface area (Å²) < 4.78 is 18.1. The molecule has 0 aliphatic rings. The fourth-order valence-electron chi connectivity index (χ4n) is 2.72. The van der Waals surface area contributed by atoms with Crippen molar-refractivity contribution in [3.8, 4) is 0 Å². The third kappa shape index (κ3) is 7.65. The second kappa shape index (κ2) is 12.1. The van der Waals surface area contributed by atoms with Crippen molar-refractivity contribution in [2.75, 3.05) is 29.2 Å². The number of hydrogen-bond donors (Lipinski definition) is 2. The number of benzene rings is 3. The van der Waals surface area contributed by atoms with Crippen molar-refractivity contribution >= 4 is 52.7 Å². The van der Waals surface area contributed by atoms with Crippen LogP contribution in [0.3, 0.4) is 0 Å². The molecular weight excluding hydrogens is 463 g/mol. The van der Waals surface area contributed by atoms with Crippen molar-refractivity contribution in [2.24, 2.45) is 0 Å². The number of thioether (sulfide) groups is 2. The summed E-state index contributed by atoms with van der Waals surface area (Å²) in [5.74, 6) is -1.78. The monoisotopic (exact) mass is 484 g/mol. The van der Waals surface area contributed by atoms with Gasteiger partial charge in [-0.2, -0.15) is 0 Å². The molecule has 3 aromatic carbocycles. The van der Waals surface area contributed by atoms with E-state index in [2.05, 4.69) is 10.6 Å². The highest BCUT2D eigenvalue weighted by Crippen LogP contribution is 2.24. The van der Waals surface area contributed by atoms with Crippen LogP contribution < -0.4 is 10.6 Å². The topological polar surface area (TPSA) is 84.5 Å². The molecule has 0 aliphatic heterocycles. The summed E-state index contributed by atoms with van der Waals surface area (Å²) in [6.45, 7) is -0.437. The van der Waals surface area contributed by atoms with E-state index in [0.717, 1.165) is 16.7 Å². The molecule has 0 unspecified atom stereocenters. The molecule has 0 radical (unpaired) electrons. The second-order valence-electron chi connectivity index (χ2n) is 6.69. The van der Waals surface area contributed by atoms with Gasteiger partial charge in [-0.25, -0.2) is 9.18 Å². The predicted octanol–water partition coefficient (Wildman–Crippen LogP) is 5.07. The fraction of sp³-hybridized carbons (Fsp3) is 0.125. The van der Waals surface area contributed by atoms with E-state index in [1.165, 1.54) is 24.3 Å². The fourth-order valence-corrected chi connectivity index (χ4v) is 3.96. The first-order valence-electron chi connectivity index (χ1n) is 9.83. The molecule has 33 heavy (non-hydrogen) atoms. The Morgan fingerprint density at radius 3 is 2.12 bits per heavy atom. The average Bonchev–Trinajstić information content (AvgIpc) is 2.83. The lowest BCUT2D eigenvalue weighted by Gasteiger charge is -2.10. The van der Waals surface area contributed by atoms with Gasteiger partial charge in [0, 0.05) is 21.2 Å². The molecular formula is C24H21FN2O4S2. The lowest BCUT2D eigenvalue weighted by molar-refractivity contribution is -0.119. The number of esters is 1. The Balaban J connectivity index is 1.51. The van der Waals surface area contributed by atoms with Gasteiger partial charge >= 0.3 is 5.97 Å². The van der Waals surface area contributed by atoms with Crippen molar-refractivity contribution < 1.29 is 23.5 Å². The first kappa shape index (κ1) is 24.3. The SMILES string of the molecule is CSc1ccc(NC(=O)COC(=O)c2ccccc2SCC(=O)Nc2ccc(F)cc2)cc1. The van der Waals surface area contributed by atoms with Crippen molar-refractivity contribution in [3.63, 3.8) is 0 Å². The minimum Gasteiger partial charge on any atom is -0.452 e. The maximum absolute atomic E-state index is 13.0. The number of ether oxygens (including phenoxy) is 1. The standard InChI is InChI=1S/C24H21FN2O4S2/c1-32-19-12-10-18(11-13-19)26-22(28)14-31-24(30)20-4-2-3-5-21(20)33-15-23(29)27-17-8-6-16(25)7-9-17/h2-13H,14-15H2,1H3,(H,26,28)(H,27,29). The van der Waals surface area contributed by atoms with E-state index >= 15 is 0 Å². The molecule has 0 spiro atoms. The maximum Gasteiger partial charge on any atom is 0.339 e. The van der Waals surface area contributed by atoms with Gasteiger partial charge in [0.25, 0.3) is 5.91 Å². The van der Waals surface area contributed by atoms with E-state index in [4.69, 9.17) is 4.74 Å². The summed E-state index contributed by atoms with van der Waals surface area (Å²) in [6.07, 6.45) is 1.96. The Bertz CT molecular complexity index is 1120. The van der Waals surface area contributed by atoms with Crippen LogP contribution in [-0.4, -0.2) is 36.4 Å². The Labute approximate surface area is 199 Å². The summed E-state index contributed by atoms with van der Waals surface area (Å²) in [6, 6.07) is 19.4. The van der Waals surface area contributed by atoms with Gasteiger partial charge in [0.15, 0.2) is 6.61 Å². The number of anilines is 2. The molecule has 2 amide bonds. The van der Waals surface area contributed by atoms with Crippen LogP contribution in [-0.2, 0) is 14.3 Å². The van der Waals surface area contributed by atoms with E-state index in [-0.39, 0.29) is 17.2 Å². The lowest BCUT2D eigenvalue weighted by Crippen LogP contribution is -2.21. The average molecular weight is 485 g/mol. The molecule has 6 nitrogen and oxygen atoms in total. The minimum atomic E-state index is -0.662. The summed E-state index contributed by atoms with van der Waals surface area (Å²) in [4.78, 5) is 38.4. The van der Waals surface area contributed by atoms with Crippen LogP contribution in [0.5, 0.6) is 0 Å². The molecule has 3 rings (SSSR count). The van der Waals surface area contributed by atoms with Gasteiger partial charge < -0.3 is 15.4 Å². The van der Waals surface area contributed by atoms with Crippen molar-refractivity contribution in [1.82, 2.24) is 0 Å². The second-order valence-corrected chi connectivity index (χ2v) is 8.59. The molecule has 0 fully saturated rings. The van der Waals surface area contributed by atoms with Gasteiger partial charge in [0.1, 0.15) is 5.82 Å². The first-order valence-corrected chi connectivity index (χ1v) is 12.0. The summed E-state index contributed by atoms with van der Waals surface area (Å²) in [5.41, 5.74) is 1.34. The number of amides is 2. The summed E-state index contributed by atoms with van der Waals surface area (Å²) in [7, 11) is 0. The zero-order valence-corrected chi connectivity index (χ0v) is 19.3. The van der Waals surface area contributed by atoms with Crippen molar-refractivity contribution in [1.29, 1.82) is 0 Å². The van der Waals surface area contributed by atoms with Crippen molar-refractivity contribution in [3.05, 3.63) is 84.2 Å². The maximum atomic E-state index is 13.0. The molecule has 0 aromatic heterocycles. The Morgan fingerprint density at radius 2 is 1.45 bits per heavy atom. The highest BCUT2D eigenvalue weighted by Gasteiger charge is 2.16. The van der Waals surface area contributed by atoms with Crippen molar-refractivity contribution in [2.45, 2.75) is 9.79 Å². The van der Waals surface area contributed by atoms with Gasteiger partial charge in [-0.1, -0.05) is 12.1 Å². The number of carbonyl (C=O) groups is 3. The van der Waals surface area contributed by atoms with E-state index in [1.807, 2.05) is 18.4 Å². The van der Waals surface area contributed by atoms with Crippen LogP contribution in [0.15, 0.2) is 82.6 Å². The summed E-state index contributed by atoms with van der Waals surface area (Å²) in [5, 5.41) is 5.34. The zero-order valence-electron chi connectivity index (χ0n) is 17.7. The number of rotatable bonds is 9. The molecule has 0 atom stereocenters. The molecule has 9 heteroatoms. The predicted molar refractivity (Wildman–Crippen MR) is 129 cm³/mol. The van der Waals surface area contributed by atoms with E-state index in [1.54, 1.807) is 48.2 Å². The molecule has 0 saturated carbocycles. The molecule has 0 aliphatic carbocycles. The lowest BCUT2D eigenvalue weighted by atomic mass is 10.2. The zero-order chi connectivity index (χ0) is 23.6. The Hall–Kier alpha value is -3.30. The largest absolute Gasteiger partial charge is 0.452 e. The number of carbonyl (C=O) groups excluding carboxylic acids is 3. The Morgan fingerprint density at radius 1 is 0.848 bits per heavy atom. The minimum absolute atomic E-state index is 0.0359. The van der Waals surface area contributed by atoms with Crippen LogP contribution in [0.2, 0.25) is 0 Å². The number of halogens is 1. The molecule has 170 valence electrons. The quantitative estimate of drug-likeness (QED) is 0.326. The Kier molecular flexibility index (Phi) is 8.91. The molecule has 2 N–H and O–H groups in total. The van der Waals surface area contributed by atoms with Gasteiger partial charge in [-0.05, 0) is 66.9 Å². The number of hydrogen-bond acceptors (Lipinski definition) is 6. The third-order valence-corrected chi connectivity index (χ3v) is 6.12. The van der Waals surface area contributed by atoms with E-state index < -0.39 is 24.3 Å². The van der Waals surface area contributed by atoms with Gasteiger partial charge in [-0.3, -0.25) is 9.59 Å². The third-order valence-electron chi connectivity index (χ3n) is 4.30. The van der Waals surface area contributed by atoms with Gasteiger partial charge in [-0.15, -0.1) is 23.5 Å². The van der Waals surface area contributed by atoms with Crippen LogP contribution in [0.25, 0.3) is 0 Å². The van der Waals surface area contributed by atoms with Gasteiger partial charge in [0.05, 0.1) is 11.3 Å².